The highest BCUT2D eigenvalue weighted by Gasteiger charge is 2.31. The molecule has 0 unspecified atom stereocenters. The molecule has 1 rings (SSSR count). The van der Waals surface area contributed by atoms with E-state index in [4.69, 9.17) is 9.05 Å². The molecule has 0 fully saturated rings. The van der Waals surface area contributed by atoms with Crippen LogP contribution >= 0.6 is 7.60 Å². The molecule has 0 amide bonds. The fourth-order valence-electron chi connectivity index (χ4n) is 1.66. The summed E-state index contributed by atoms with van der Waals surface area (Å²) in [5.74, 6) is 0. The molecule has 0 aliphatic rings. The second kappa shape index (κ2) is 7.49. The fraction of sp³-hybridized carbons (Fsp3) is 0.429. The van der Waals surface area contributed by atoms with Crippen LogP contribution in [0.4, 0.5) is 0 Å². The van der Waals surface area contributed by atoms with Crippen LogP contribution in [-0.4, -0.2) is 32.2 Å². The summed E-state index contributed by atoms with van der Waals surface area (Å²) in [4.78, 5) is 1.78. The van der Waals surface area contributed by atoms with Crippen molar-refractivity contribution in [2.75, 3.05) is 27.3 Å². The average molecular weight is 283 g/mol. The molecular weight excluding hydrogens is 261 g/mol. The second-order valence-electron chi connectivity index (χ2n) is 4.14. The van der Waals surface area contributed by atoms with E-state index in [-0.39, 0.29) is 0 Å². The van der Waals surface area contributed by atoms with Gasteiger partial charge in [-0.1, -0.05) is 30.3 Å². The zero-order valence-corrected chi connectivity index (χ0v) is 12.9. The highest BCUT2D eigenvalue weighted by atomic mass is 31.2. The normalized spacial score (nSPS) is 12.5. The maximum Gasteiger partial charge on any atom is 0.377 e. The Hall–Kier alpha value is -1.09. The molecule has 106 valence electrons. The number of hydrogen-bond acceptors (Lipinski definition) is 4. The van der Waals surface area contributed by atoms with Crippen molar-refractivity contribution in [3.05, 3.63) is 41.3 Å². The molecule has 0 heterocycles. The molecule has 0 radical (unpaired) electrons. The molecule has 0 spiro atoms. The Labute approximate surface area is 115 Å². The standard InChI is InChI=1S/C14H22NO3P/c1-5-17-19(16,18-6-2)14(15(3)4)12-13-10-8-7-9-11-13/h7-12H,5-6H2,1-4H3/b14-12-. The first kappa shape index (κ1) is 16.0. The van der Waals surface area contributed by atoms with Gasteiger partial charge in [-0.15, -0.1) is 0 Å². The monoisotopic (exact) mass is 283 g/mol. The van der Waals surface area contributed by atoms with Crippen LogP contribution in [0.1, 0.15) is 19.4 Å². The van der Waals surface area contributed by atoms with Gasteiger partial charge in [-0.2, -0.15) is 0 Å². The van der Waals surface area contributed by atoms with Gasteiger partial charge in [0.25, 0.3) is 0 Å². The van der Waals surface area contributed by atoms with Crippen LogP contribution in [0.2, 0.25) is 0 Å². The van der Waals surface area contributed by atoms with E-state index in [1.165, 1.54) is 0 Å². The van der Waals surface area contributed by atoms with Crippen molar-refractivity contribution in [1.82, 2.24) is 4.90 Å². The number of nitrogens with zero attached hydrogens (tertiary/aromatic N) is 1. The largest absolute Gasteiger partial charge is 0.377 e. The molecule has 0 aromatic heterocycles. The molecular formula is C14H22NO3P. The van der Waals surface area contributed by atoms with Crippen molar-refractivity contribution in [3.8, 4) is 0 Å². The Balaban J connectivity index is 3.18. The quantitative estimate of drug-likeness (QED) is 0.713. The summed E-state index contributed by atoms with van der Waals surface area (Å²) in [5.41, 5.74) is 1.52. The molecule has 0 saturated carbocycles. The van der Waals surface area contributed by atoms with Gasteiger partial charge in [0.1, 0.15) is 5.44 Å². The van der Waals surface area contributed by atoms with Gasteiger partial charge in [-0.25, -0.2) is 0 Å². The molecule has 0 saturated heterocycles. The Bertz CT molecular complexity index is 447. The maximum atomic E-state index is 12.8. The summed E-state index contributed by atoms with van der Waals surface area (Å²) in [7, 11) is 0.402. The molecule has 0 bridgehead atoms. The second-order valence-corrected chi connectivity index (χ2v) is 6.11. The topological polar surface area (TPSA) is 38.8 Å². The lowest BCUT2D eigenvalue weighted by Crippen LogP contribution is -2.14. The van der Waals surface area contributed by atoms with Gasteiger partial charge in [-0.3, -0.25) is 4.57 Å². The lowest BCUT2D eigenvalue weighted by atomic mass is 10.2. The van der Waals surface area contributed by atoms with Gasteiger partial charge >= 0.3 is 7.60 Å². The van der Waals surface area contributed by atoms with Gasteiger partial charge in [0, 0.05) is 14.1 Å². The van der Waals surface area contributed by atoms with Crippen LogP contribution in [0.3, 0.4) is 0 Å². The minimum Gasteiger partial charge on any atom is -0.371 e. The maximum absolute atomic E-state index is 12.8. The van der Waals surface area contributed by atoms with Crippen molar-refractivity contribution in [1.29, 1.82) is 0 Å². The summed E-state index contributed by atoms with van der Waals surface area (Å²) in [5, 5.41) is 0. The fourth-order valence-corrected chi connectivity index (χ4v) is 3.48. The molecule has 0 aliphatic carbocycles. The zero-order chi connectivity index (χ0) is 14.3. The van der Waals surface area contributed by atoms with E-state index in [2.05, 4.69) is 0 Å². The van der Waals surface area contributed by atoms with E-state index in [1.54, 1.807) is 4.90 Å². The Morgan fingerprint density at radius 1 is 1.16 bits per heavy atom. The number of benzene rings is 1. The van der Waals surface area contributed by atoms with Gasteiger partial charge in [0.05, 0.1) is 13.2 Å². The molecule has 0 N–H and O–H groups in total. The van der Waals surface area contributed by atoms with E-state index >= 15 is 0 Å². The van der Waals surface area contributed by atoms with E-state index < -0.39 is 7.60 Å². The van der Waals surface area contributed by atoms with Crippen LogP contribution in [0.15, 0.2) is 35.8 Å². The lowest BCUT2D eigenvalue weighted by molar-refractivity contribution is 0.219. The Morgan fingerprint density at radius 2 is 1.68 bits per heavy atom. The third-order valence-corrected chi connectivity index (χ3v) is 4.72. The van der Waals surface area contributed by atoms with Crippen molar-refractivity contribution < 1.29 is 13.6 Å². The minimum absolute atomic E-state index is 0.344. The van der Waals surface area contributed by atoms with Crippen LogP contribution in [0.25, 0.3) is 6.08 Å². The molecule has 0 atom stereocenters. The molecule has 5 heteroatoms. The Kier molecular flexibility index (Phi) is 6.29. The number of hydrogen-bond donors (Lipinski definition) is 0. The van der Waals surface area contributed by atoms with E-state index in [0.29, 0.717) is 18.7 Å². The van der Waals surface area contributed by atoms with Gasteiger partial charge in [-0.05, 0) is 25.5 Å². The van der Waals surface area contributed by atoms with Crippen LogP contribution in [0.5, 0.6) is 0 Å². The summed E-state index contributed by atoms with van der Waals surface area (Å²) in [6, 6.07) is 9.71. The lowest BCUT2D eigenvalue weighted by Gasteiger charge is -2.25. The van der Waals surface area contributed by atoms with Crippen molar-refractivity contribution in [2.45, 2.75) is 13.8 Å². The van der Waals surface area contributed by atoms with Crippen molar-refractivity contribution in [2.24, 2.45) is 0 Å². The van der Waals surface area contributed by atoms with E-state index in [1.807, 2.05) is 64.4 Å². The van der Waals surface area contributed by atoms with Gasteiger partial charge < -0.3 is 13.9 Å². The highest BCUT2D eigenvalue weighted by molar-refractivity contribution is 7.58. The SMILES string of the molecule is CCOP(=O)(OCC)/C(=C\c1ccccc1)N(C)C. The van der Waals surface area contributed by atoms with Gasteiger partial charge in [0.2, 0.25) is 0 Å². The highest BCUT2D eigenvalue weighted by Crippen LogP contribution is 2.57. The van der Waals surface area contributed by atoms with E-state index in [9.17, 15) is 4.57 Å². The summed E-state index contributed by atoms with van der Waals surface area (Å²) in [6.45, 7) is 4.30. The zero-order valence-electron chi connectivity index (χ0n) is 12.0. The first-order chi connectivity index (χ1) is 9.03. The summed E-state index contributed by atoms with van der Waals surface area (Å²) in [6.07, 6.45) is 1.84. The molecule has 1 aromatic carbocycles. The molecule has 19 heavy (non-hydrogen) atoms. The number of rotatable bonds is 7. The summed E-state index contributed by atoms with van der Waals surface area (Å²) < 4.78 is 23.6. The molecule has 1 aromatic rings. The third kappa shape index (κ3) is 4.50. The smallest absolute Gasteiger partial charge is 0.371 e. The minimum atomic E-state index is -3.26. The van der Waals surface area contributed by atoms with Crippen molar-refractivity contribution >= 4 is 13.7 Å². The van der Waals surface area contributed by atoms with Crippen LogP contribution in [-0.2, 0) is 13.6 Å². The van der Waals surface area contributed by atoms with Crippen LogP contribution < -0.4 is 0 Å². The third-order valence-electron chi connectivity index (χ3n) is 2.43. The summed E-state index contributed by atoms with van der Waals surface area (Å²) >= 11 is 0. The predicted octanol–water partition coefficient (Wildman–Crippen LogP) is 3.81. The molecule has 4 nitrogen and oxygen atoms in total. The van der Waals surface area contributed by atoms with Crippen molar-refractivity contribution in [3.63, 3.8) is 0 Å². The predicted molar refractivity (Wildman–Crippen MR) is 79.0 cm³/mol. The van der Waals surface area contributed by atoms with Crippen LogP contribution in [0, 0.1) is 0 Å². The average Bonchev–Trinajstić information content (AvgIpc) is 2.37. The first-order valence-corrected chi connectivity index (χ1v) is 7.91. The van der Waals surface area contributed by atoms with Gasteiger partial charge in [0.15, 0.2) is 0 Å². The van der Waals surface area contributed by atoms with E-state index in [0.717, 1.165) is 5.56 Å². The molecule has 0 aliphatic heterocycles. The first-order valence-electron chi connectivity index (χ1n) is 6.37. The Morgan fingerprint density at radius 3 is 2.11 bits per heavy atom.